The van der Waals surface area contributed by atoms with Crippen LogP contribution in [0.15, 0.2) is 24.3 Å². The Morgan fingerprint density at radius 1 is 1.40 bits per heavy atom. The number of ether oxygens (including phenoxy) is 1. The van der Waals surface area contributed by atoms with Crippen LogP contribution in [0.5, 0.6) is 5.75 Å². The van der Waals surface area contributed by atoms with Gasteiger partial charge in [-0.15, -0.1) is 0 Å². The SMILES string of the molecule is COc1ccc(-c2n[nH]c(C)c2CC(=O)N[C@@H](CO)CCSC)cc1. The molecule has 1 aromatic heterocycles. The standard InChI is InChI=1S/C18H25N3O3S/c1-12-16(10-17(23)19-14(11-22)8-9-25-3)18(21-20-12)13-4-6-15(24-2)7-5-13/h4-7,14,22H,8-11H2,1-3H3,(H,19,23)(H,20,21)/t14-/m1/s1. The number of nitrogens with zero attached hydrogens (tertiary/aromatic N) is 1. The van der Waals surface area contributed by atoms with Crippen molar-refractivity contribution in [3.05, 3.63) is 35.5 Å². The zero-order valence-electron chi connectivity index (χ0n) is 14.8. The number of aryl methyl sites for hydroxylation is 1. The third-order valence-corrected chi connectivity index (χ3v) is 4.67. The van der Waals surface area contributed by atoms with E-state index in [1.165, 1.54) is 0 Å². The number of carbonyl (C=O) groups is 1. The molecule has 25 heavy (non-hydrogen) atoms. The largest absolute Gasteiger partial charge is 0.497 e. The Balaban J connectivity index is 2.11. The average Bonchev–Trinajstić information content (AvgIpc) is 2.99. The maximum absolute atomic E-state index is 12.4. The fourth-order valence-corrected chi connectivity index (χ4v) is 3.08. The summed E-state index contributed by atoms with van der Waals surface area (Å²) >= 11 is 1.70. The predicted octanol–water partition coefficient (Wildman–Crippen LogP) is 2.17. The van der Waals surface area contributed by atoms with Gasteiger partial charge in [-0.2, -0.15) is 16.9 Å². The molecule has 136 valence electrons. The number of nitrogens with one attached hydrogen (secondary N) is 2. The van der Waals surface area contributed by atoms with Crippen molar-refractivity contribution in [1.82, 2.24) is 15.5 Å². The molecule has 0 fully saturated rings. The van der Waals surface area contributed by atoms with Crippen LogP contribution in [0.4, 0.5) is 0 Å². The lowest BCUT2D eigenvalue weighted by molar-refractivity contribution is -0.121. The lowest BCUT2D eigenvalue weighted by atomic mass is 10.0. The van der Waals surface area contributed by atoms with Crippen molar-refractivity contribution in [1.29, 1.82) is 0 Å². The number of amides is 1. The van der Waals surface area contributed by atoms with Gasteiger partial charge in [-0.1, -0.05) is 0 Å². The molecule has 2 aromatic rings. The molecule has 2 rings (SSSR count). The molecule has 1 heterocycles. The normalized spacial score (nSPS) is 12.0. The highest BCUT2D eigenvalue weighted by atomic mass is 32.2. The van der Waals surface area contributed by atoms with E-state index in [2.05, 4.69) is 15.5 Å². The molecule has 0 unspecified atom stereocenters. The molecule has 0 aliphatic heterocycles. The van der Waals surface area contributed by atoms with Crippen LogP contribution in [-0.2, 0) is 11.2 Å². The minimum atomic E-state index is -0.211. The lowest BCUT2D eigenvalue weighted by Gasteiger charge is -2.16. The third-order valence-electron chi connectivity index (χ3n) is 4.03. The summed E-state index contributed by atoms with van der Waals surface area (Å²) in [6, 6.07) is 7.37. The number of H-pyrrole nitrogens is 1. The highest BCUT2D eigenvalue weighted by molar-refractivity contribution is 7.98. The zero-order chi connectivity index (χ0) is 18.2. The van der Waals surface area contributed by atoms with Crippen LogP contribution in [0.1, 0.15) is 17.7 Å². The second-order valence-electron chi connectivity index (χ2n) is 5.81. The molecule has 0 saturated heterocycles. The molecule has 7 heteroatoms. The van der Waals surface area contributed by atoms with Gasteiger partial charge in [0.15, 0.2) is 0 Å². The van der Waals surface area contributed by atoms with Crippen molar-refractivity contribution in [2.45, 2.75) is 25.8 Å². The van der Waals surface area contributed by atoms with E-state index in [4.69, 9.17) is 4.74 Å². The van der Waals surface area contributed by atoms with E-state index in [1.54, 1.807) is 18.9 Å². The van der Waals surface area contributed by atoms with Crippen LogP contribution in [-0.4, -0.2) is 53.0 Å². The van der Waals surface area contributed by atoms with E-state index < -0.39 is 0 Å². The van der Waals surface area contributed by atoms with Crippen molar-refractivity contribution in [2.75, 3.05) is 25.7 Å². The van der Waals surface area contributed by atoms with Gasteiger partial charge < -0.3 is 15.2 Å². The van der Waals surface area contributed by atoms with Crippen molar-refractivity contribution in [2.24, 2.45) is 0 Å². The van der Waals surface area contributed by atoms with Crippen LogP contribution in [0.25, 0.3) is 11.3 Å². The number of hydrogen-bond acceptors (Lipinski definition) is 5. The van der Waals surface area contributed by atoms with Gasteiger partial charge in [0.2, 0.25) is 5.91 Å². The summed E-state index contributed by atoms with van der Waals surface area (Å²) in [7, 11) is 1.62. The molecule has 0 aliphatic rings. The number of carbonyl (C=O) groups excluding carboxylic acids is 1. The number of aromatic nitrogens is 2. The molecule has 0 radical (unpaired) electrons. The number of rotatable bonds is 9. The molecule has 1 atom stereocenters. The molecule has 1 amide bonds. The Labute approximate surface area is 152 Å². The molecule has 0 spiro atoms. The van der Waals surface area contributed by atoms with Crippen molar-refractivity contribution in [3.63, 3.8) is 0 Å². The Morgan fingerprint density at radius 2 is 2.12 bits per heavy atom. The van der Waals surface area contributed by atoms with Crippen LogP contribution in [0.2, 0.25) is 0 Å². The van der Waals surface area contributed by atoms with Crippen molar-refractivity contribution >= 4 is 17.7 Å². The van der Waals surface area contributed by atoms with Gasteiger partial charge in [0, 0.05) is 16.8 Å². The monoisotopic (exact) mass is 363 g/mol. The van der Waals surface area contributed by atoms with E-state index >= 15 is 0 Å². The number of aliphatic hydroxyl groups excluding tert-OH is 1. The first kappa shape index (κ1) is 19.3. The summed E-state index contributed by atoms with van der Waals surface area (Å²) in [5.74, 6) is 1.56. The molecule has 0 saturated carbocycles. The number of benzene rings is 1. The Hall–Kier alpha value is -1.99. The molecule has 3 N–H and O–H groups in total. The maximum atomic E-state index is 12.4. The fourth-order valence-electron chi connectivity index (χ4n) is 2.56. The van der Waals surface area contributed by atoms with Crippen LogP contribution in [0.3, 0.4) is 0 Å². The Bertz CT molecular complexity index is 685. The summed E-state index contributed by atoms with van der Waals surface area (Å²) < 4.78 is 5.18. The van der Waals surface area contributed by atoms with E-state index in [0.717, 1.165) is 40.4 Å². The van der Waals surface area contributed by atoms with Crippen molar-refractivity contribution < 1.29 is 14.6 Å². The number of hydrogen-bond donors (Lipinski definition) is 3. The van der Waals surface area contributed by atoms with E-state index in [9.17, 15) is 9.90 Å². The molecule has 1 aromatic carbocycles. The summed E-state index contributed by atoms with van der Waals surface area (Å²) in [6.07, 6.45) is 2.98. The van der Waals surface area contributed by atoms with Crippen LogP contribution in [0, 0.1) is 6.92 Å². The smallest absolute Gasteiger partial charge is 0.224 e. The first-order chi connectivity index (χ1) is 12.1. The van der Waals surface area contributed by atoms with Crippen LogP contribution >= 0.6 is 11.8 Å². The minimum absolute atomic E-state index is 0.0536. The van der Waals surface area contributed by atoms with Gasteiger partial charge in [-0.3, -0.25) is 9.89 Å². The van der Waals surface area contributed by atoms with E-state index in [0.29, 0.717) is 0 Å². The van der Waals surface area contributed by atoms with Gasteiger partial charge in [0.05, 0.1) is 31.9 Å². The van der Waals surface area contributed by atoms with Gasteiger partial charge >= 0.3 is 0 Å². The molecule has 6 nitrogen and oxygen atoms in total. The maximum Gasteiger partial charge on any atom is 0.224 e. The summed E-state index contributed by atoms with van der Waals surface area (Å²) in [5, 5.41) is 19.6. The first-order valence-electron chi connectivity index (χ1n) is 8.16. The second-order valence-corrected chi connectivity index (χ2v) is 6.80. The zero-order valence-corrected chi connectivity index (χ0v) is 15.7. The topological polar surface area (TPSA) is 87.2 Å². The van der Waals surface area contributed by atoms with E-state index in [-0.39, 0.29) is 25.0 Å². The van der Waals surface area contributed by atoms with Crippen molar-refractivity contribution in [3.8, 4) is 17.0 Å². The summed E-state index contributed by atoms with van der Waals surface area (Å²) in [6.45, 7) is 1.85. The van der Waals surface area contributed by atoms with Crippen LogP contribution < -0.4 is 10.1 Å². The summed E-state index contributed by atoms with van der Waals surface area (Å²) in [5.41, 5.74) is 3.42. The lowest BCUT2D eigenvalue weighted by Crippen LogP contribution is -2.38. The predicted molar refractivity (Wildman–Crippen MR) is 101 cm³/mol. The molecular formula is C18H25N3O3S. The van der Waals surface area contributed by atoms with Gasteiger partial charge in [0.25, 0.3) is 0 Å². The quantitative estimate of drug-likeness (QED) is 0.636. The van der Waals surface area contributed by atoms with Gasteiger partial charge in [-0.05, 0) is 49.6 Å². The van der Waals surface area contributed by atoms with Gasteiger partial charge in [0.1, 0.15) is 5.75 Å². The summed E-state index contributed by atoms with van der Waals surface area (Å²) in [4.78, 5) is 12.4. The first-order valence-corrected chi connectivity index (χ1v) is 9.55. The average molecular weight is 363 g/mol. The minimum Gasteiger partial charge on any atom is -0.497 e. The number of aliphatic hydroxyl groups is 1. The highest BCUT2D eigenvalue weighted by Crippen LogP contribution is 2.26. The molecular weight excluding hydrogens is 338 g/mol. The Kier molecular flexibility index (Phi) is 7.33. The molecule has 0 bridgehead atoms. The molecule has 0 aliphatic carbocycles. The van der Waals surface area contributed by atoms with Gasteiger partial charge in [-0.25, -0.2) is 0 Å². The third kappa shape index (κ3) is 5.24. The number of aromatic amines is 1. The number of methoxy groups -OCH3 is 1. The fraction of sp³-hybridized carbons (Fsp3) is 0.444. The van der Waals surface area contributed by atoms with E-state index in [1.807, 2.05) is 37.4 Å². The Morgan fingerprint density at radius 3 is 2.72 bits per heavy atom. The highest BCUT2D eigenvalue weighted by Gasteiger charge is 2.18. The number of thioether (sulfide) groups is 1. The second kappa shape index (κ2) is 9.48.